The number of halogens is 1. The van der Waals surface area contributed by atoms with E-state index in [9.17, 15) is 12.8 Å². The molecule has 0 radical (unpaired) electrons. The van der Waals surface area contributed by atoms with Gasteiger partial charge >= 0.3 is 0 Å². The highest BCUT2D eigenvalue weighted by Gasteiger charge is 2.18. The minimum absolute atomic E-state index is 0.362. The summed E-state index contributed by atoms with van der Waals surface area (Å²) in [6, 6.07) is 11.8. The highest BCUT2D eigenvalue weighted by Crippen LogP contribution is 2.18. The Morgan fingerprint density at radius 2 is 1.68 bits per heavy atom. The maximum Gasteiger partial charge on any atom is 0.264 e. The van der Waals surface area contributed by atoms with Crippen LogP contribution in [0, 0.1) is 5.82 Å². The first-order valence-corrected chi connectivity index (χ1v) is 7.07. The molecule has 2 aromatic rings. The molecule has 6 heteroatoms. The smallest absolute Gasteiger partial charge is 0.264 e. The van der Waals surface area contributed by atoms with Gasteiger partial charge in [0.1, 0.15) is 10.7 Å². The van der Waals surface area contributed by atoms with E-state index in [-0.39, 0.29) is 4.90 Å². The maximum absolute atomic E-state index is 13.5. The predicted octanol–water partition coefficient (Wildman–Crippen LogP) is 2.09. The second-order valence-electron chi connectivity index (χ2n) is 3.94. The number of rotatable bonds is 4. The molecule has 0 heterocycles. The molecule has 2 rings (SSSR count). The Bertz CT molecular complexity index is 669. The van der Waals surface area contributed by atoms with Gasteiger partial charge in [-0.25, -0.2) is 12.8 Å². The van der Waals surface area contributed by atoms with Crippen molar-refractivity contribution in [3.8, 4) is 0 Å². The molecule has 0 aromatic heterocycles. The summed E-state index contributed by atoms with van der Waals surface area (Å²) >= 11 is 0. The van der Waals surface area contributed by atoms with Crippen LogP contribution in [0.4, 0.5) is 10.1 Å². The molecule has 0 spiro atoms. The fourth-order valence-electron chi connectivity index (χ4n) is 1.58. The van der Waals surface area contributed by atoms with Crippen LogP contribution in [0.25, 0.3) is 0 Å². The second kappa shape index (κ2) is 5.38. The second-order valence-corrected chi connectivity index (χ2v) is 5.59. The standard InChI is InChI=1S/C13H13FN2O2S/c14-12-3-1-2-4-13(12)19(17,18)16-11-7-5-10(9-15)6-8-11/h1-8,16H,9,15H2. The molecule has 0 fully saturated rings. The van der Waals surface area contributed by atoms with E-state index in [0.717, 1.165) is 11.6 Å². The average Bonchev–Trinajstić information content (AvgIpc) is 2.39. The molecule has 2 aromatic carbocycles. The molecule has 19 heavy (non-hydrogen) atoms. The Morgan fingerprint density at radius 3 is 2.26 bits per heavy atom. The lowest BCUT2D eigenvalue weighted by molar-refractivity contribution is 0.570. The van der Waals surface area contributed by atoms with Gasteiger partial charge in [0, 0.05) is 12.2 Å². The molecule has 3 N–H and O–H groups in total. The van der Waals surface area contributed by atoms with Gasteiger partial charge in [-0.2, -0.15) is 0 Å². The monoisotopic (exact) mass is 280 g/mol. The zero-order valence-electron chi connectivity index (χ0n) is 10.0. The van der Waals surface area contributed by atoms with Crippen molar-refractivity contribution in [3.05, 3.63) is 59.9 Å². The van der Waals surface area contributed by atoms with Crippen molar-refractivity contribution >= 4 is 15.7 Å². The zero-order valence-corrected chi connectivity index (χ0v) is 10.8. The number of nitrogens with two attached hydrogens (primary N) is 1. The van der Waals surface area contributed by atoms with E-state index in [0.29, 0.717) is 12.2 Å². The van der Waals surface area contributed by atoms with E-state index >= 15 is 0 Å². The van der Waals surface area contributed by atoms with Crippen LogP contribution >= 0.6 is 0 Å². The Morgan fingerprint density at radius 1 is 1.05 bits per heavy atom. The van der Waals surface area contributed by atoms with E-state index in [4.69, 9.17) is 5.73 Å². The number of nitrogens with one attached hydrogen (secondary N) is 1. The van der Waals surface area contributed by atoms with E-state index < -0.39 is 15.8 Å². The third-order valence-corrected chi connectivity index (χ3v) is 3.98. The first kappa shape index (κ1) is 13.5. The minimum Gasteiger partial charge on any atom is -0.326 e. The molecular weight excluding hydrogens is 267 g/mol. The number of hydrogen-bond acceptors (Lipinski definition) is 3. The third kappa shape index (κ3) is 3.10. The number of benzene rings is 2. The summed E-state index contributed by atoms with van der Waals surface area (Å²) in [5.41, 5.74) is 6.69. The summed E-state index contributed by atoms with van der Waals surface area (Å²) in [4.78, 5) is -0.377. The SMILES string of the molecule is NCc1ccc(NS(=O)(=O)c2ccccc2F)cc1. The normalized spacial score (nSPS) is 11.3. The lowest BCUT2D eigenvalue weighted by atomic mass is 10.2. The first-order valence-electron chi connectivity index (χ1n) is 5.59. The quantitative estimate of drug-likeness (QED) is 0.900. The molecule has 0 aliphatic carbocycles. The van der Waals surface area contributed by atoms with Gasteiger partial charge in [-0.3, -0.25) is 4.72 Å². The van der Waals surface area contributed by atoms with Gasteiger partial charge in [0.15, 0.2) is 0 Å². The summed E-state index contributed by atoms with van der Waals surface area (Å²) in [7, 11) is -3.92. The molecule has 0 aliphatic heterocycles. The number of hydrogen-bond donors (Lipinski definition) is 2. The van der Waals surface area contributed by atoms with Gasteiger partial charge in [-0.05, 0) is 29.8 Å². The summed E-state index contributed by atoms with van der Waals surface area (Å²) in [6.07, 6.45) is 0. The largest absolute Gasteiger partial charge is 0.326 e. The molecule has 0 amide bonds. The molecule has 0 bridgehead atoms. The van der Waals surface area contributed by atoms with E-state index in [2.05, 4.69) is 4.72 Å². The van der Waals surface area contributed by atoms with Crippen molar-refractivity contribution in [2.45, 2.75) is 11.4 Å². The van der Waals surface area contributed by atoms with Crippen LogP contribution in [-0.4, -0.2) is 8.42 Å². The van der Waals surface area contributed by atoms with Crippen molar-refractivity contribution in [2.75, 3.05) is 4.72 Å². The lowest BCUT2D eigenvalue weighted by Gasteiger charge is -2.09. The Balaban J connectivity index is 2.28. The van der Waals surface area contributed by atoms with Crippen LogP contribution in [0.5, 0.6) is 0 Å². The van der Waals surface area contributed by atoms with Gasteiger partial charge < -0.3 is 5.73 Å². The maximum atomic E-state index is 13.5. The zero-order chi connectivity index (χ0) is 13.9. The van der Waals surface area contributed by atoms with Crippen LogP contribution in [-0.2, 0) is 16.6 Å². The molecule has 0 saturated carbocycles. The topological polar surface area (TPSA) is 72.2 Å². The summed E-state index contributed by atoms with van der Waals surface area (Å²) in [5.74, 6) is -0.784. The van der Waals surface area contributed by atoms with Crippen molar-refractivity contribution < 1.29 is 12.8 Å². The van der Waals surface area contributed by atoms with Gasteiger partial charge in [0.05, 0.1) is 0 Å². The van der Waals surface area contributed by atoms with Crippen LogP contribution in [0.2, 0.25) is 0 Å². The molecule has 4 nitrogen and oxygen atoms in total. The predicted molar refractivity (Wildman–Crippen MR) is 71.5 cm³/mol. The number of anilines is 1. The fourth-order valence-corrected chi connectivity index (χ4v) is 2.72. The molecule has 0 saturated heterocycles. The first-order chi connectivity index (χ1) is 9.03. The van der Waals surface area contributed by atoms with Crippen LogP contribution in [0.15, 0.2) is 53.4 Å². The summed E-state index contributed by atoms with van der Waals surface area (Å²) in [5, 5.41) is 0. The van der Waals surface area contributed by atoms with Crippen LogP contribution in [0.3, 0.4) is 0 Å². The minimum atomic E-state index is -3.92. The molecule has 100 valence electrons. The van der Waals surface area contributed by atoms with Crippen LogP contribution in [0.1, 0.15) is 5.56 Å². The van der Waals surface area contributed by atoms with Gasteiger partial charge in [-0.15, -0.1) is 0 Å². The van der Waals surface area contributed by atoms with Crippen molar-refractivity contribution in [1.29, 1.82) is 0 Å². The van der Waals surface area contributed by atoms with Gasteiger partial charge in [0.25, 0.3) is 10.0 Å². The van der Waals surface area contributed by atoms with E-state index in [1.807, 2.05) is 0 Å². The lowest BCUT2D eigenvalue weighted by Crippen LogP contribution is -2.14. The third-order valence-electron chi connectivity index (χ3n) is 2.57. The molecular formula is C13H13FN2O2S. The highest BCUT2D eigenvalue weighted by atomic mass is 32.2. The van der Waals surface area contributed by atoms with Crippen molar-refractivity contribution in [2.24, 2.45) is 5.73 Å². The van der Waals surface area contributed by atoms with Gasteiger partial charge in [0.2, 0.25) is 0 Å². The highest BCUT2D eigenvalue weighted by molar-refractivity contribution is 7.92. The summed E-state index contributed by atoms with van der Waals surface area (Å²) in [6.45, 7) is 0.375. The Kier molecular flexibility index (Phi) is 3.82. The summed E-state index contributed by atoms with van der Waals surface area (Å²) < 4.78 is 39.8. The Hall–Kier alpha value is -1.92. The number of sulfonamides is 1. The Labute approximate surface area is 111 Å². The van der Waals surface area contributed by atoms with E-state index in [1.54, 1.807) is 24.3 Å². The molecule has 0 unspecified atom stereocenters. The molecule has 0 atom stereocenters. The van der Waals surface area contributed by atoms with E-state index in [1.165, 1.54) is 18.2 Å². The molecule has 0 aliphatic rings. The van der Waals surface area contributed by atoms with Gasteiger partial charge in [-0.1, -0.05) is 24.3 Å². The van der Waals surface area contributed by atoms with Crippen molar-refractivity contribution in [3.63, 3.8) is 0 Å². The fraction of sp³-hybridized carbons (Fsp3) is 0.0769. The average molecular weight is 280 g/mol. The van der Waals surface area contributed by atoms with Crippen LogP contribution < -0.4 is 10.5 Å². The van der Waals surface area contributed by atoms with Crippen molar-refractivity contribution in [1.82, 2.24) is 0 Å².